The topological polar surface area (TPSA) is 105 Å². The van der Waals surface area contributed by atoms with Gasteiger partial charge in [0, 0.05) is 23.9 Å². The lowest BCUT2D eigenvalue weighted by atomic mass is 9.92. The number of allylic oxidation sites excluding steroid dienone is 1. The molecule has 0 aliphatic carbocycles. The lowest BCUT2D eigenvalue weighted by Gasteiger charge is -2.37. The molecular formula is C17H21N3O5S. The van der Waals surface area contributed by atoms with Crippen molar-refractivity contribution in [3.05, 3.63) is 39.1 Å². The predicted octanol–water partition coefficient (Wildman–Crippen LogP) is 2.81. The van der Waals surface area contributed by atoms with Gasteiger partial charge in [0.05, 0.1) is 17.6 Å². The fourth-order valence-corrected chi connectivity index (χ4v) is 3.44. The fraction of sp³-hybridized carbons (Fsp3) is 0.412. The number of phenolic OH excluding ortho intramolecular Hbond substituents is 1. The summed E-state index contributed by atoms with van der Waals surface area (Å²) in [6.45, 7) is 7.65. The Morgan fingerprint density at radius 3 is 2.62 bits per heavy atom. The highest BCUT2D eigenvalue weighted by atomic mass is 32.1. The van der Waals surface area contributed by atoms with E-state index in [9.17, 15) is 20.0 Å². The molecule has 0 saturated carbocycles. The number of nitro benzene ring substituents is 1. The Bertz CT molecular complexity index is 806. The minimum absolute atomic E-state index is 0.0112. The summed E-state index contributed by atoms with van der Waals surface area (Å²) in [5, 5.41) is 24.9. The van der Waals surface area contributed by atoms with Gasteiger partial charge in [-0.2, -0.15) is 0 Å². The molecule has 1 aromatic rings. The zero-order valence-electron chi connectivity index (χ0n) is 15.0. The summed E-state index contributed by atoms with van der Waals surface area (Å²) >= 11 is 5.37. The van der Waals surface area contributed by atoms with Crippen LogP contribution in [0.25, 0.3) is 0 Å². The van der Waals surface area contributed by atoms with Crippen molar-refractivity contribution in [3.63, 3.8) is 0 Å². The highest BCUT2D eigenvalue weighted by Crippen LogP contribution is 2.41. The molecule has 1 aliphatic heterocycles. The predicted molar refractivity (Wildman–Crippen MR) is 100 cm³/mol. The van der Waals surface area contributed by atoms with Crippen molar-refractivity contribution >= 4 is 28.8 Å². The van der Waals surface area contributed by atoms with E-state index in [-0.39, 0.29) is 18.1 Å². The summed E-state index contributed by atoms with van der Waals surface area (Å²) in [5.41, 5.74) is 1.09. The third-order valence-electron chi connectivity index (χ3n) is 4.20. The second-order valence-corrected chi connectivity index (χ2v) is 6.15. The van der Waals surface area contributed by atoms with E-state index in [1.54, 1.807) is 18.7 Å². The first-order valence-electron chi connectivity index (χ1n) is 8.16. The number of benzene rings is 1. The molecule has 0 aromatic heterocycles. The number of hydrogen-bond donors (Lipinski definition) is 2. The molecule has 0 bridgehead atoms. The van der Waals surface area contributed by atoms with Crippen LogP contribution < -0.4 is 10.1 Å². The molecule has 2 rings (SSSR count). The van der Waals surface area contributed by atoms with Gasteiger partial charge in [0.1, 0.15) is 0 Å². The average Bonchev–Trinajstić information content (AvgIpc) is 2.56. The molecule has 26 heavy (non-hydrogen) atoms. The summed E-state index contributed by atoms with van der Waals surface area (Å²) in [7, 11) is 0. The van der Waals surface area contributed by atoms with Gasteiger partial charge in [-0.15, -0.1) is 0 Å². The van der Waals surface area contributed by atoms with Crippen LogP contribution in [-0.2, 0) is 4.79 Å². The van der Waals surface area contributed by atoms with Gasteiger partial charge < -0.3 is 20.1 Å². The van der Waals surface area contributed by atoms with E-state index >= 15 is 0 Å². The van der Waals surface area contributed by atoms with Crippen molar-refractivity contribution in [1.29, 1.82) is 0 Å². The molecule has 0 radical (unpaired) electrons. The Hall–Kier alpha value is -2.68. The largest absolute Gasteiger partial charge is 0.500 e. The third kappa shape index (κ3) is 3.48. The molecule has 1 unspecified atom stereocenters. The number of thiocarbonyl (C=S) groups is 1. The standard InChI is InChI=1S/C17H21N3O5S/c1-5-19-9(3)14(10(4)21)15(18-17(19)26)11-7-12(20(23)24)16(22)13(8-11)25-6-2/h7-8,15,22H,5-6H2,1-4H3,(H,18,26). The van der Waals surface area contributed by atoms with Crippen LogP contribution in [0.15, 0.2) is 23.4 Å². The van der Waals surface area contributed by atoms with E-state index in [1.807, 2.05) is 6.92 Å². The van der Waals surface area contributed by atoms with Gasteiger partial charge in [0.15, 0.2) is 16.6 Å². The number of aromatic hydroxyl groups is 1. The molecule has 1 heterocycles. The number of hydrogen-bond acceptors (Lipinski definition) is 6. The average molecular weight is 379 g/mol. The molecule has 2 N–H and O–H groups in total. The summed E-state index contributed by atoms with van der Waals surface area (Å²) in [6, 6.07) is 2.06. The number of nitrogens with one attached hydrogen (secondary N) is 1. The van der Waals surface area contributed by atoms with Gasteiger partial charge in [-0.3, -0.25) is 14.9 Å². The van der Waals surface area contributed by atoms with Crippen LogP contribution in [-0.4, -0.2) is 39.0 Å². The molecular weight excluding hydrogens is 358 g/mol. The van der Waals surface area contributed by atoms with E-state index in [2.05, 4.69) is 5.32 Å². The molecule has 1 aliphatic rings. The highest BCUT2D eigenvalue weighted by Gasteiger charge is 2.33. The third-order valence-corrected chi connectivity index (χ3v) is 4.54. The molecule has 0 fully saturated rings. The zero-order chi connectivity index (χ0) is 19.6. The second-order valence-electron chi connectivity index (χ2n) is 5.76. The van der Waals surface area contributed by atoms with E-state index < -0.39 is 22.4 Å². The number of rotatable bonds is 6. The number of ether oxygens (including phenoxy) is 1. The number of phenols is 1. The SMILES string of the molecule is CCOc1cc(C2NC(=S)N(CC)C(C)=C2C(C)=O)cc([N+](=O)[O-])c1O. The van der Waals surface area contributed by atoms with Crippen LogP contribution in [0, 0.1) is 10.1 Å². The lowest BCUT2D eigenvalue weighted by Crippen LogP contribution is -2.47. The molecule has 0 saturated heterocycles. The van der Waals surface area contributed by atoms with Crippen LogP contribution in [0.2, 0.25) is 0 Å². The smallest absolute Gasteiger partial charge is 0.315 e. The monoisotopic (exact) mass is 379 g/mol. The lowest BCUT2D eigenvalue weighted by molar-refractivity contribution is -0.386. The van der Waals surface area contributed by atoms with Gasteiger partial charge in [0.25, 0.3) is 0 Å². The van der Waals surface area contributed by atoms with Crippen molar-refractivity contribution in [2.24, 2.45) is 0 Å². The van der Waals surface area contributed by atoms with Crippen molar-refractivity contribution in [3.8, 4) is 11.5 Å². The maximum Gasteiger partial charge on any atom is 0.315 e. The first-order valence-corrected chi connectivity index (χ1v) is 8.57. The molecule has 1 atom stereocenters. The Balaban J connectivity index is 2.69. The highest BCUT2D eigenvalue weighted by molar-refractivity contribution is 7.80. The maximum absolute atomic E-state index is 12.3. The van der Waals surface area contributed by atoms with Crippen LogP contribution in [0.1, 0.15) is 39.3 Å². The van der Waals surface area contributed by atoms with Gasteiger partial charge in [-0.25, -0.2) is 0 Å². The number of Topliss-reactive ketones (excluding diaryl/α,β-unsaturated/α-hetero) is 1. The Morgan fingerprint density at radius 2 is 2.12 bits per heavy atom. The molecule has 1 aromatic carbocycles. The molecule has 0 spiro atoms. The Morgan fingerprint density at radius 1 is 1.46 bits per heavy atom. The number of nitrogens with zero attached hydrogens (tertiary/aromatic N) is 2. The summed E-state index contributed by atoms with van der Waals surface area (Å²) in [5.74, 6) is -0.725. The van der Waals surface area contributed by atoms with Gasteiger partial charge in [-0.05, 0) is 51.5 Å². The van der Waals surface area contributed by atoms with E-state index in [0.717, 1.165) is 0 Å². The summed E-state index contributed by atoms with van der Waals surface area (Å²) in [6.07, 6.45) is 0. The Kier molecular flexibility index (Phi) is 5.81. The summed E-state index contributed by atoms with van der Waals surface area (Å²) < 4.78 is 5.32. The fourth-order valence-electron chi connectivity index (χ4n) is 3.05. The van der Waals surface area contributed by atoms with Gasteiger partial charge in [0.2, 0.25) is 5.75 Å². The Labute approximate surface area is 156 Å². The molecule has 0 amide bonds. The number of nitro groups is 1. The van der Waals surface area contributed by atoms with Crippen molar-refractivity contribution in [2.45, 2.75) is 33.7 Å². The zero-order valence-corrected chi connectivity index (χ0v) is 15.8. The number of carbonyl (C=O) groups excluding carboxylic acids is 1. The van der Waals surface area contributed by atoms with Gasteiger partial charge in [-0.1, -0.05) is 0 Å². The minimum atomic E-state index is -0.690. The van der Waals surface area contributed by atoms with Crippen LogP contribution in [0.5, 0.6) is 11.5 Å². The first-order chi connectivity index (χ1) is 12.2. The van der Waals surface area contributed by atoms with Crippen LogP contribution in [0.4, 0.5) is 5.69 Å². The molecule has 8 nitrogen and oxygen atoms in total. The molecule has 140 valence electrons. The van der Waals surface area contributed by atoms with Crippen molar-refractivity contribution in [2.75, 3.05) is 13.2 Å². The van der Waals surface area contributed by atoms with Crippen molar-refractivity contribution in [1.82, 2.24) is 10.2 Å². The minimum Gasteiger partial charge on any atom is -0.500 e. The maximum atomic E-state index is 12.3. The second kappa shape index (κ2) is 7.69. The quantitative estimate of drug-likeness (QED) is 0.442. The summed E-state index contributed by atoms with van der Waals surface area (Å²) in [4.78, 5) is 24.7. The van der Waals surface area contributed by atoms with E-state index in [1.165, 1.54) is 19.1 Å². The van der Waals surface area contributed by atoms with E-state index in [4.69, 9.17) is 17.0 Å². The van der Waals surface area contributed by atoms with Crippen LogP contribution >= 0.6 is 12.2 Å². The first kappa shape index (κ1) is 19.6. The number of carbonyl (C=O) groups is 1. The number of ketones is 1. The van der Waals surface area contributed by atoms with Gasteiger partial charge >= 0.3 is 5.69 Å². The van der Waals surface area contributed by atoms with Crippen molar-refractivity contribution < 1.29 is 19.6 Å². The normalized spacial score (nSPS) is 17.2. The van der Waals surface area contributed by atoms with E-state index in [0.29, 0.717) is 28.5 Å². The van der Waals surface area contributed by atoms with Crippen LogP contribution in [0.3, 0.4) is 0 Å². The molecule has 9 heteroatoms.